The van der Waals surface area contributed by atoms with Crippen LogP contribution in [0.5, 0.6) is 0 Å². The van der Waals surface area contributed by atoms with Gasteiger partial charge in [-0.05, 0) is 4.57 Å². The zero-order chi connectivity index (χ0) is 7.21. The summed E-state index contributed by atoms with van der Waals surface area (Å²) in [7, 11) is -4.81. The molecule has 8 heavy (non-hydrogen) atoms. The fraction of sp³-hybridized carbons (Fsp3) is 1.00. The van der Waals surface area contributed by atoms with E-state index in [1.54, 1.807) is 0 Å². The fourth-order valence-corrected chi connectivity index (χ4v) is 0. The molecule has 0 saturated heterocycles. The molecule has 0 bridgehead atoms. The van der Waals surface area contributed by atoms with Gasteiger partial charge in [-0.1, -0.05) is 0 Å². The van der Waals surface area contributed by atoms with Crippen molar-refractivity contribution in [3.8, 4) is 0 Å². The maximum absolute atomic E-state index is 9.33. The molecule has 0 fully saturated rings. The second kappa shape index (κ2) is 5.35. The van der Waals surface area contributed by atoms with Crippen LogP contribution in [0.15, 0.2) is 0 Å². The molecule has 0 rings (SSSR count). The highest BCUT2D eigenvalue weighted by atomic mass is 31.2. The van der Waals surface area contributed by atoms with Crippen LogP contribution in [0.25, 0.3) is 0 Å². The standard InChI is InChI=1S/CH5O3P.HO2P/c1-5(2,3)4;1-3-2/h1H3,(H2,2,3,4);3H/p+1. The Morgan fingerprint density at radius 2 is 1.50 bits per heavy atom. The monoisotopic (exact) mass is 161 g/mol. The fourth-order valence-electron chi connectivity index (χ4n) is 0. The molecule has 0 aromatic carbocycles. The Morgan fingerprint density at radius 3 is 1.50 bits per heavy atom. The van der Waals surface area contributed by atoms with Crippen molar-refractivity contribution >= 4 is 16.3 Å². The van der Waals surface area contributed by atoms with E-state index in [1.165, 1.54) is 0 Å². The Morgan fingerprint density at radius 1 is 1.50 bits per heavy atom. The lowest BCUT2D eigenvalue weighted by atomic mass is 12.0. The summed E-state index contributed by atoms with van der Waals surface area (Å²) in [5, 5.41) is 0. The molecule has 0 aliphatic carbocycles. The molecule has 0 heterocycles. The van der Waals surface area contributed by atoms with Crippen LogP contribution in [0.1, 0.15) is 0 Å². The average molecular weight is 161 g/mol. The van der Waals surface area contributed by atoms with Crippen molar-refractivity contribution in [2.24, 2.45) is 0 Å². The van der Waals surface area contributed by atoms with E-state index in [0.717, 1.165) is 6.66 Å². The van der Waals surface area contributed by atoms with E-state index >= 15 is 0 Å². The predicted molar refractivity (Wildman–Crippen MR) is 29.2 cm³/mol. The van der Waals surface area contributed by atoms with Crippen LogP contribution >= 0.6 is 16.3 Å². The molecule has 1 unspecified atom stereocenters. The molecule has 3 N–H and O–H groups in total. The van der Waals surface area contributed by atoms with E-state index in [-0.39, 0.29) is 0 Å². The van der Waals surface area contributed by atoms with Gasteiger partial charge in [0.2, 0.25) is 0 Å². The minimum Gasteiger partial charge on any atom is -0.325 e. The summed E-state index contributed by atoms with van der Waals surface area (Å²) in [5.74, 6) is 0. The zero-order valence-corrected chi connectivity index (χ0v) is 6.00. The van der Waals surface area contributed by atoms with Gasteiger partial charge in [-0.15, -0.1) is 0 Å². The van der Waals surface area contributed by atoms with Crippen molar-refractivity contribution in [3.05, 3.63) is 0 Å². The topological polar surface area (TPSA) is 94.8 Å². The maximum Gasteiger partial charge on any atom is 0.491 e. The van der Waals surface area contributed by atoms with Crippen LogP contribution in [-0.4, -0.2) is 21.3 Å². The predicted octanol–water partition coefficient (Wildman–Crippen LogP) is -0.288. The first kappa shape index (κ1) is 11.1. The Bertz CT molecular complexity index is 84.3. The van der Waals surface area contributed by atoms with Crippen LogP contribution in [-0.2, 0) is 9.13 Å². The highest BCUT2D eigenvalue weighted by Crippen LogP contribution is 2.26. The first-order valence-electron chi connectivity index (χ1n) is 1.46. The maximum atomic E-state index is 9.33. The largest absolute Gasteiger partial charge is 0.491 e. The zero-order valence-electron chi connectivity index (χ0n) is 4.11. The molecule has 1 atom stereocenters. The lowest BCUT2D eigenvalue weighted by Crippen LogP contribution is -1.64. The highest BCUT2D eigenvalue weighted by molar-refractivity contribution is 7.50. The van der Waals surface area contributed by atoms with Gasteiger partial charge in [0.15, 0.2) is 0 Å². The summed E-state index contributed by atoms with van der Waals surface area (Å²) in [6, 6.07) is 0. The third kappa shape index (κ3) is 3820. The van der Waals surface area contributed by atoms with Crippen LogP contribution in [0.2, 0.25) is 0 Å². The van der Waals surface area contributed by atoms with Crippen molar-refractivity contribution in [3.63, 3.8) is 0 Å². The Labute approximate surface area is 47.8 Å². The second-order valence-corrected chi connectivity index (χ2v) is 2.78. The molecule has 0 amide bonds. The van der Waals surface area contributed by atoms with E-state index in [1.807, 2.05) is 0 Å². The SMILES string of the molecule is CP(=O)(O)O.O=[PH+]O. The molecule has 0 aromatic rings. The van der Waals surface area contributed by atoms with Gasteiger partial charge < -0.3 is 9.79 Å². The van der Waals surface area contributed by atoms with E-state index < -0.39 is 16.3 Å². The van der Waals surface area contributed by atoms with Gasteiger partial charge >= 0.3 is 16.3 Å². The van der Waals surface area contributed by atoms with Gasteiger partial charge in [-0.3, -0.25) is 4.57 Å². The quantitative estimate of drug-likeness (QED) is 0.424. The van der Waals surface area contributed by atoms with Crippen LogP contribution < -0.4 is 0 Å². The molecule has 0 aliphatic heterocycles. The first-order valence-corrected chi connectivity index (χ1v) is 4.37. The van der Waals surface area contributed by atoms with Gasteiger partial charge in [-0.25, -0.2) is 0 Å². The van der Waals surface area contributed by atoms with Crippen LogP contribution in [0, 0.1) is 0 Å². The van der Waals surface area contributed by atoms with Gasteiger partial charge in [0.1, 0.15) is 0 Å². The summed E-state index contributed by atoms with van der Waals surface area (Å²) in [4.78, 5) is 22.3. The Balaban J connectivity index is 0. The lowest BCUT2D eigenvalue weighted by molar-refractivity contribution is 0.381. The molecule has 5 nitrogen and oxygen atoms in total. The summed E-state index contributed by atoms with van der Waals surface area (Å²) in [5.41, 5.74) is 0. The summed E-state index contributed by atoms with van der Waals surface area (Å²) >= 11 is 0. The number of rotatable bonds is 0. The molecule has 0 saturated carbocycles. The van der Waals surface area contributed by atoms with Crippen LogP contribution in [0.3, 0.4) is 0 Å². The van der Waals surface area contributed by atoms with Gasteiger partial charge in [0.25, 0.3) is 0 Å². The van der Waals surface area contributed by atoms with Gasteiger partial charge in [0, 0.05) is 6.66 Å². The molecule has 0 radical (unpaired) electrons. The molecular formula is CH7O5P2+. The molecule has 0 aromatic heterocycles. The van der Waals surface area contributed by atoms with E-state index in [4.69, 9.17) is 19.2 Å². The first-order chi connectivity index (χ1) is 3.41. The highest BCUT2D eigenvalue weighted by Gasteiger charge is 1.95. The Hall–Kier alpha value is 0.210. The number of hydrogen-bond acceptors (Lipinski definition) is 2. The number of hydrogen-bond donors (Lipinski definition) is 3. The molecule has 50 valence electrons. The summed E-state index contributed by atoms with van der Waals surface area (Å²) in [6.07, 6.45) is 0. The average Bonchev–Trinajstić information content (AvgIpc) is 1.27. The van der Waals surface area contributed by atoms with Crippen molar-refractivity contribution in [1.82, 2.24) is 0 Å². The minimum absolute atomic E-state index is 0.854. The van der Waals surface area contributed by atoms with Gasteiger partial charge in [0.05, 0.1) is 0 Å². The molecule has 0 aliphatic rings. The van der Waals surface area contributed by atoms with Gasteiger partial charge in [-0.2, -0.15) is 4.89 Å². The van der Waals surface area contributed by atoms with E-state index in [2.05, 4.69) is 0 Å². The third-order valence-corrected chi connectivity index (χ3v) is 0. The van der Waals surface area contributed by atoms with Crippen molar-refractivity contribution in [2.75, 3.05) is 6.66 Å². The Kier molecular flexibility index (Phi) is 7.40. The minimum atomic E-state index is -3.64. The molecule has 7 heteroatoms. The second-order valence-electron chi connectivity index (χ2n) is 0.927. The van der Waals surface area contributed by atoms with E-state index in [9.17, 15) is 4.57 Å². The lowest BCUT2D eigenvalue weighted by Gasteiger charge is -1.84. The normalized spacial score (nSPS) is 10.0. The summed E-state index contributed by atoms with van der Waals surface area (Å²) < 4.78 is 17.8. The smallest absolute Gasteiger partial charge is 0.325 e. The summed E-state index contributed by atoms with van der Waals surface area (Å²) in [6.45, 7) is 0.854. The van der Waals surface area contributed by atoms with Crippen molar-refractivity contribution in [1.29, 1.82) is 0 Å². The molecular weight excluding hydrogens is 154 g/mol. The molecule has 0 spiro atoms. The van der Waals surface area contributed by atoms with Crippen molar-refractivity contribution in [2.45, 2.75) is 0 Å². The van der Waals surface area contributed by atoms with Crippen molar-refractivity contribution < 1.29 is 23.8 Å². The van der Waals surface area contributed by atoms with Crippen LogP contribution in [0.4, 0.5) is 0 Å². The van der Waals surface area contributed by atoms with E-state index in [0.29, 0.717) is 0 Å². The third-order valence-electron chi connectivity index (χ3n) is 0.